The van der Waals surface area contributed by atoms with Gasteiger partial charge in [-0.3, -0.25) is 4.79 Å². The average Bonchev–Trinajstić information content (AvgIpc) is 2.65. The van der Waals surface area contributed by atoms with Crippen molar-refractivity contribution in [2.75, 3.05) is 6.54 Å². The van der Waals surface area contributed by atoms with Gasteiger partial charge in [0, 0.05) is 24.6 Å². The zero-order chi connectivity index (χ0) is 11.2. The molecule has 0 spiro atoms. The minimum atomic E-state index is -0.494. The molecule has 86 valence electrons. The molecule has 0 unspecified atom stereocenters. The summed E-state index contributed by atoms with van der Waals surface area (Å²) in [7, 11) is 0. The summed E-state index contributed by atoms with van der Waals surface area (Å²) in [5.74, 6) is 0.478. The van der Waals surface area contributed by atoms with Crippen molar-refractivity contribution in [3.8, 4) is 0 Å². The van der Waals surface area contributed by atoms with Gasteiger partial charge in [-0.05, 0) is 25.7 Å². The second-order valence-corrected chi connectivity index (χ2v) is 5.22. The van der Waals surface area contributed by atoms with Crippen LogP contribution in [-0.2, 0) is 4.79 Å². The van der Waals surface area contributed by atoms with Crippen LogP contribution in [0.5, 0.6) is 0 Å². The first-order valence-electron chi connectivity index (χ1n) is 6.04. The van der Waals surface area contributed by atoms with Gasteiger partial charge in [-0.1, -0.05) is 18.2 Å². The van der Waals surface area contributed by atoms with Crippen molar-refractivity contribution in [3.05, 3.63) is 24.3 Å². The Hall–Kier alpha value is -1.09. The number of carbonyl (C=O) groups excluding carboxylic acids is 1. The molecule has 1 aliphatic heterocycles. The molecule has 1 heterocycles. The molecule has 0 aromatic rings. The van der Waals surface area contributed by atoms with Crippen molar-refractivity contribution in [1.29, 1.82) is 0 Å². The molecule has 1 N–H and O–H groups in total. The van der Waals surface area contributed by atoms with E-state index in [0.717, 1.165) is 32.2 Å². The highest BCUT2D eigenvalue weighted by molar-refractivity contribution is 5.90. The van der Waals surface area contributed by atoms with Crippen molar-refractivity contribution in [3.63, 3.8) is 0 Å². The smallest absolute Gasteiger partial charge is 0.246 e. The lowest BCUT2D eigenvalue weighted by atomic mass is 9.70. The van der Waals surface area contributed by atoms with Gasteiger partial charge in [0.1, 0.15) is 0 Å². The molecule has 1 amide bonds. The first-order chi connectivity index (χ1) is 7.68. The Balaban J connectivity index is 1.81. The number of hydrogen-bond donors (Lipinski definition) is 1. The maximum atomic E-state index is 11.7. The topological polar surface area (TPSA) is 40.5 Å². The highest BCUT2D eigenvalue weighted by Gasteiger charge is 2.43. The lowest BCUT2D eigenvalue weighted by Gasteiger charge is -2.45. The van der Waals surface area contributed by atoms with Gasteiger partial charge in [0.2, 0.25) is 5.91 Å². The number of carbonyl (C=O) groups is 1. The molecule has 0 radical (unpaired) electrons. The third-order valence-corrected chi connectivity index (χ3v) is 4.14. The van der Waals surface area contributed by atoms with E-state index in [1.807, 2.05) is 11.0 Å². The van der Waals surface area contributed by atoms with Crippen LogP contribution in [0.4, 0.5) is 0 Å². The molecule has 2 bridgehead atoms. The Bertz CT molecular complexity index is 374. The van der Waals surface area contributed by atoms with Crippen molar-refractivity contribution in [2.24, 2.45) is 5.92 Å². The molecule has 3 aliphatic rings. The van der Waals surface area contributed by atoms with Crippen molar-refractivity contribution in [1.82, 2.24) is 4.90 Å². The van der Waals surface area contributed by atoms with Crippen LogP contribution >= 0.6 is 0 Å². The van der Waals surface area contributed by atoms with Crippen LogP contribution in [0, 0.1) is 5.92 Å². The van der Waals surface area contributed by atoms with Gasteiger partial charge in [0.15, 0.2) is 0 Å². The van der Waals surface area contributed by atoms with E-state index in [0.29, 0.717) is 12.0 Å². The van der Waals surface area contributed by atoms with Crippen molar-refractivity contribution >= 4 is 5.91 Å². The SMILES string of the molecule is O=C1C=CCN1[C@@H]1CC[C@@]2(O)CC=C[C@@H]1C2. The predicted octanol–water partition coefficient (Wildman–Crippen LogP) is 1.24. The van der Waals surface area contributed by atoms with Gasteiger partial charge in [0.25, 0.3) is 0 Å². The second kappa shape index (κ2) is 3.45. The lowest BCUT2D eigenvalue weighted by molar-refractivity contribution is -0.130. The maximum absolute atomic E-state index is 11.7. The fourth-order valence-corrected chi connectivity index (χ4v) is 3.29. The first-order valence-corrected chi connectivity index (χ1v) is 6.04. The molecule has 3 atom stereocenters. The molecule has 2 aliphatic carbocycles. The van der Waals surface area contributed by atoms with Crippen LogP contribution in [0.25, 0.3) is 0 Å². The number of amides is 1. The molecule has 3 rings (SSSR count). The molecule has 0 aromatic carbocycles. The van der Waals surface area contributed by atoms with Crippen LogP contribution in [0.15, 0.2) is 24.3 Å². The molecule has 16 heavy (non-hydrogen) atoms. The standard InChI is InChI=1S/C13H17NO2/c15-12-4-2-8-14(12)11-5-7-13(16)6-1-3-10(11)9-13/h1-4,10-11,16H,5-9H2/t10-,11-,13+/m1/s1. The third kappa shape index (κ3) is 1.50. The van der Waals surface area contributed by atoms with Gasteiger partial charge >= 0.3 is 0 Å². The highest BCUT2D eigenvalue weighted by atomic mass is 16.3. The summed E-state index contributed by atoms with van der Waals surface area (Å²) in [6.45, 7) is 0.742. The number of nitrogens with zero attached hydrogens (tertiary/aromatic N) is 1. The van der Waals surface area contributed by atoms with Crippen LogP contribution in [0.2, 0.25) is 0 Å². The minimum absolute atomic E-state index is 0.134. The van der Waals surface area contributed by atoms with E-state index < -0.39 is 5.60 Å². The summed E-state index contributed by atoms with van der Waals surface area (Å²) < 4.78 is 0. The van der Waals surface area contributed by atoms with E-state index in [4.69, 9.17) is 0 Å². The number of rotatable bonds is 1. The number of aliphatic hydroxyl groups is 1. The molecule has 3 nitrogen and oxygen atoms in total. The minimum Gasteiger partial charge on any atom is -0.390 e. The van der Waals surface area contributed by atoms with Crippen molar-refractivity contribution in [2.45, 2.75) is 37.3 Å². The van der Waals surface area contributed by atoms with E-state index in [-0.39, 0.29) is 5.91 Å². The van der Waals surface area contributed by atoms with E-state index >= 15 is 0 Å². The van der Waals surface area contributed by atoms with Gasteiger partial charge in [0.05, 0.1) is 5.60 Å². The number of hydrogen-bond acceptors (Lipinski definition) is 2. The Morgan fingerprint density at radius 2 is 2.31 bits per heavy atom. The molecular formula is C13H17NO2. The summed E-state index contributed by atoms with van der Waals surface area (Å²) in [6.07, 6.45) is 11.2. The molecule has 0 aromatic heterocycles. The monoisotopic (exact) mass is 219 g/mol. The van der Waals surface area contributed by atoms with Gasteiger partial charge in [-0.15, -0.1) is 0 Å². The zero-order valence-electron chi connectivity index (χ0n) is 9.30. The van der Waals surface area contributed by atoms with Crippen LogP contribution in [-0.4, -0.2) is 34.1 Å². The molecule has 0 saturated heterocycles. The van der Waals surface area contributed by atoms with Gasteiger partial charge in [-0.25, -0.2) is 0 Å². The van der Waals surface area contributed by atoms with Crippen molar-refractivity contribution < 1.29 is 9.90 Å². The molecule has 3 heteroatoms. The summed E-state index contributed by atoms with van der Waals surface area (Å²) in [6, 6.07) is 0.291. The Morgan fingerprint density at radius 3 is 3.06 bits per heavy atom. The summed E-state index contributed by atoms with van der Waals surface area (Å²) in [5, 5.41) is 10.3. The zero-order valence-corrected chi connectivity index (χ0v) is 9.30. The molecule has 1 saturated carbocycles. The third-order valence-electron chi connectivity index (χ3n) is 4.14. The fraction of sp³-hybridized carbons (Fsp3) is 0.615. The van der Waals surface area contributed by atoms with Crippen LogP contribution in [0.1, 0.15) is 25.7 Å². The van der Waals surface area contributed by atoms with E-state index in [2.05, 4.69) is 12.2 Å². The first kappa shape index (κ1) is 10.1. The van der Waals surface area contributed by atoms with Gasteiger partial charge < -0.3 is 10.0 Å². The summed E-state index contributed by atoms with van der Waals surface area (Å²) in [5.41, 5.74) is -0.494. The Morgan fingerprint density at radius 1 is 1.44 bits per heavy atom. The van der Waals surface area contributed by atoms with Crippen LogP contribution in [0.3, 0.4) is 0 Å². The fourth-order valence-electron chi connectivity index (χ4n) is 3.29. The highest BCUT2D eigenvalue weighted by Crippen LogP contribution is 2.41. The second-order valence-electron chi connectivity index (χ2n) is 5.22. The van der Waals surface area contributed by atoms with E-state index in [1.54, 1.807) is 6.08 Å². The molecule has 1 fully saturated rings. The maximum Gasteiger partial charge on any atom is 0.246 e. The van der Waals surface area contributed by atoms with Crippen LogP contribution < -0.4 is 0 Å². The van der Waals surface area contributed by atoms with E-state index in [1.165, 1.54) is 0 Å². The predicted molar refractivity (Wildman–Crippen MR) is 60.7 cm³/mol. The average molecular weight is 219 g/mol. The Kier molecular flexibility index (Phi) is 2.18. The largest absolute Gasteiger partial charge is 0.390 e. The summed E-state index contributed by atoms with van der Waals surface area (Å²) in [4.78, 5) is 13.6. The normalized spacial score (nSPS) is 41.8. The number of fused-ring (bicyclic) bond motifs is 2. The lowest BCUT2D eigenvalue weighted by Crippen LogP contribution is -2.50. The quantitative estimate of drug-likeness (QED) is 0.674. The molecular weight excluding hydrogens is 202 g/mol. The Labute approximate surface area is 95.4 Å². The summed E-state index contributed by atoms with van der Waals surface area (Å²) >= 11 is 0. The van der Waals surface area contributed by atoms with E-state index in [9.17, 15) is 9.90 Å². The van der Waals surface area contributed by atoms with Gasteiger partial charge in [-0.2, -0.15) is 0 Å².